The van der Waals surface area contributed by atoms with Crippen molar-refractivity contribution in [2.45, 2.75) is 25.8 Å². The smallest absolute Gasteiger partial charge is 0.319 e. The normalized spacial score (nSPS) is 14.5. The number of benzene rings is 1. The lowest BCUT2D eigenvalue weighted by atomic mass is 10.1. The van der Waals surface area contributed by atoms with Crippen LogP contribution in [0, 0.1) is 0 Å². The van der Waals surface area contributed by atoms with Gasteiger partial charge in [0.05, 0.1) is 0 Å². The van der Waals surface area contributed by atoms with Crippen LogP contribution in [-0.2, 0) is 13.0 Å². The molecule has 0 bridgehead atoms. The van der Waals surface area contributed by atoms with Gasteiger partial charge in [0.1, 0.15) is 0 Å². The third-order valence-corrected chi connectivity index (χ3v) is 5.99. The van der Waals surface area contributed by atoms with Crippen LogP contribution in [-0.4, -0.2) is 53.2 Å². The zero-order chi connectivity index (χ0) is 20.3. The number of hydrogen-bond donors (Lipinski definition) is 2. The molecule has 156 valence electrons. The topological polar surface area (TPSA) is 66.4 Å². The molecule has 0 spiro atoms. The van der Waals surface area contributed by atoms with Crippen molar-refractivity contribution in [3.8, 4) is 0 Å². The van der Waals surface area contributed by atoms with Crippen molar-refractivity contribution in [3.05, 3.63) is 64.6 Å². The van der Waals surface area contributed by atoms with Crippen molar-refractivity contribution >= 4 is 23.5 Å². The number of unbranched alkanes of at least 4 members (excludes halogenated alkanes) is 1. The number of rotatable bonds is 9. The van der Waals surface area contributed by atoms with Crippen LogP contribution in [0.4, 0.5) is 10.5 Å². The molecule has 2 amide bonds. The van der Waals surface area contributed by atoms with Crippen molar-refractivity contribution in [2.75, 3.05) is 43.0 Å². The van der Waals surface area contributed by atoms with E-state index in [1.807, 2.05) is 30.0 Å². The van der Waals surface area contributed by atoms with Gasteiger partial charge in [0, 0.05) is 62.2 Å². The summed E-state index contributed by atoms with van der Waals surface area (Å²) in [6.45, 7) is 4.72. The van der Waals surface area contributed by atoms with Gasteiger partial charge in [-0.2, -0.15) is 11.8 Å². The van der Waals surface area contributed by atoms with Gasteiger partial charge in [0.15, 0.2) is 0 Å². The van der Waals surface area contributed by atoms with Gasteiger partial charge in [-0.3, -0.25) is 4.79 Å². The summed E-state index contributed by atoms with van der Waals surface area (Å²) in [5.41, 5.74) is 2.11. The third kappa shape index (κ3) is 7.59. The number of carbonyl (C=O) groups excluding carboxylic acids is 1. The summed E-state index contributed by atoms with van der Waals surface area (Å²) < 4.78 is 1.69. The third-order valence-electron chi connectivity index (χ3n) is 5.04. The maximum Gasteiger partial charge on any atom is 0.319 e. The minimum absolute atomic E-state index is 0.0107. The second-order valence-electron chi connectivity index (χ2n) is 7.22. The molecule has 0 saturated carbocycles. The zero-order valence-electron chi connectivity index (χ0n) is 16.8. The lowest BCUT2D eigenvalue weighted by Crippen LogP contribution is -2.34. The van der Waals surface area contributed by atoms with Gasteiger partial charge < -0.3 is 20.1 Å². The first-order valence-corrected chi connectivity index (χ1v) is 11.5. The van der Waals surface area contributed by atoms with E-state index in [1.165, 1.54) is 30.2 Å². The summed E-state index contributed by atoms with van der Waals surface area (Å²) in [5.74, 6) is 2.48. The number of aryl methyl sites for hydroxylation is 1. The summed E-state index contributed by atoms with van der Waals surface area (Å²) in [6.07, 6.45) is 4.50. The molecule has 0 atom stereocenters. The minimum atomic E-state index is -0.194. The molecule has 1 aliphatic rings. The van der Waals surface area contributed by atoms with Crippen LogP contribution in [0.2, 0.25) is 0 Å². The van der Waals surface area contributed by atoms with Crippen LogP contribution in [0.3, 0.4) is 0 Å². The van der Waals surface area contributed by atoms with Gasteiger partial charge in [-0.05, 0) is 43.0 Å². The van der Waals surface area contributed by atoms with Crippen LogP contribution in [0.15, 0.2) is 53.5 Å². The Bertz CT molecular complexity index is 816. The molecular formula is C22H30N4O2S. The number of amides is 2. The van der Waals surface area contributed by atoms with Crippen LogP contribution in [0.5, 0.6) is 0 Å². The number of pyridine rings is 1. The molecule has 0 radical (unpaired) electrons. The first-order valence-electron chi connectivity index (χ1n) is 10.3. The maximum atomic E-state index is 12.0. The van der Waals surface area contributed by atoms with Crippen LogP contribution >= 0.6 is 11.8 Å². The second kappa shape index (κ2) is 11.7. The molecular weight excluding hydrogens is 384 g/mol. The van der Waals surface area contributed by atoms with E-state index < -0.39 is 0 Å². The molecule has 1 fully saturated rings. The summed E-state index contributed by atoms with van der Waals surface area (Å²) in [5, 5.41) is 5.74. The summed E-state index contributed by atoms with van der Waals surface area (Å²) >= 11 is 2.03. The molecule has 3 rings (SSSR count). The predicted molar refractivity (Wildman–Crippen MR) is 121 cm³/mol. The monoisotopic (exact) mass is 414 g/mol. The highest BCUT2D eigenvalue weighted by Gasteiger charge is 2.10. The molecule has 1 saturated heterocycles. The average Bonchev–Trinajstić information content (AvgIpc) is 2.75. The van der Waals surface area contributed by atoms with E-state index in [2.05, 4.69) is 27.7 Å². The van der Waals surface area contributed by atoms with E-state index in [0.717, 1.165) is 31.5 Å². The Morgan fingerprint density at radius 1 is 1.00 bits per heavy atom. The first kappa shape index (κ1) is 21.5. The number of hydrogen-bond acceptors (Lipinski definition) is 4. The van der Waals surface area contributed by atoms with E-state index in [-0.39, 0.29) is 11.6 Å². The van der Waals surface area contributed by atoms with Crippen molar-refractivity contribution in [2.24, 2.45) is 0 Å². The molecule has 29 heavy (non-hydrogen) atoms. The molecule has 2 aromatic rings. The average molecular weight is 415 g/mol. The minimum Gasteiger partial charge on any atom is -0.338 e. The molecule has 2 N–H and O–H groups in total. The number of nitrogens with zero attached hydrogens (tertiary/aromatic N) is 2. The van der Waals surface area contributed by atoms with E-state index in [9.17, 15) is 9.59 Å². The number of aromatic nitrogens is 1. The second-order valence-corrected chi connectivity index (χ2v) is 8.45. The SMILES string of the molecule is O=C(NCCCCn1ccccc1=O)Nc1ccc(CCN2CCSCC2)cc1. The van der Waals surface area contributed by atoms with E-state index in [4.69, 9.17) is 0 Å². The first-order chi connectivity index (χ1) is 14.2. The fourth-order valence-electron chi connectivity index (χ4n) is 3.30. The molecule has 1 aromatic heterocycles. The van der Waals surface area contributed by atoms with Gasteiger partial charge in [0.2, 0.25) is 5.56 Å². The molecule has 1 aliphatic heterocycles. The van der Waals surface area contributed by atoms with Gasteiger partial charge in [-0.15, -0.1) is 0 Å². The highest BCUT2D eigenvalue weighted by Crippen LogP contribution is 2.13. The van der Waals surface area contributed by atoms with Gasteiger partial charge in [0.25, 0.3) is 0 Å². The lowest BCUT2D eigenvalue weighted by molar-refractivity contribution is 0.252. The van der Waals surface area contributed by atoms with Gasteiger partial charge in [-0.25, -0.2) is 4.79 Å². The lowest BCUT2D eigenvalue weighted by Gasteiger charge is -2.26. The molecule has 0 unspecified atom stereocenters. The van der Waals surface area contributed by atoms with E-state index in [0.29, 0.717) is 13.1 Å². The zero-order valence-corrected chi connectivity index (χ0v) is 17.6. The van der Waals surface area contributed by atoms with E-state index >= 15 is 0 Å². The largest absolute Gasteiger partial charge is 0.338 e. The summed E-state index contributed by atoms with van der Waals surface area (Å²) in [7, 11) is 0. The molecule has 7 heteroatoms. The Labute approximate surface area is 176 Å². The van der Waals surface area contributed by atoms with Crippen LogP contribution < -0.4 is 16.2 Å². The summed E-state index contributed by atoms with van der Waals surface area (Å²) in [4.78, 5) is 26.2. The number of urea groups is 1. The van der Waals surface area contributed by atoms with Crippen LogP contribution in [0.25, 0.3) is 0 Å². The summed E-state index contributed by atoms with van der Waals surface area (Å²) in [6, 6.07) is 13.1. The maximum absolute atomic E-state index is 12.0. The predicted octanol–water partition coefficient (Wildman–Crippen LogP) is 3.04. The van der Waals surface area contributed by atoms with Crippen molar-refractivity contribution in [1.82, 2.24) is 14.8 Å². The molecule has 1 aromatic carbocycles. The molecule has 0 aliphatic carbocycles. The Balaban J connectivity index is 1.30. The Kier molecular flexibility index (Phi) is 8.64. The highest BCUT2D eigenvalue weighted by molar-refractivity contribution is 7.99. The van der Waals surface area contributed by atoms with E-state index in [1.54, 1.807) is 22.9 Å². The Morgan fingerprint density at radius 2 is 1.79 bits per heavy atom. The number of nitrogens with one attached hydrogen (secondary N) is 2. The fourth-order valence-corrected chi connectivity index (χ4v) is 4.28. The number of thioether (sulfide) groups is 1. The standard InChI is InChI=1S/C22H30N4O2S/c27-21-5-1-3-12-26(21)13-4-2-11-23-22(28)24-20-8-6-19(7-9-20)10-14-25-15-17-29-18-16-25/h1,3,5-9,12H,2,4,10-11,13-18H2,(H2,23,24,28). The van der Waals surface area contributed by atoms with Crippen molar-refractivity contribution < 1.29 is 4.79 Å². The van der Waals surface area contributed by atoms with Crippen molar-refractivity contribution in [3.63, 3.8) is 0 Å². The Morgan fingerprint density at radius 3 is 2.55 bits per heavy atom. The molecule has 6 nitrogen and oxygen atoms in total. The van der Waals surface area contributed by atoms with Crippen molar-refractivity contribution in [1.29, 1.82) is 0 Å². The quantitative estimate of drug-likeness (QED) is 0.619. The number of anilines is 1. The van der Waals surface area contributed by atoms with Crippen LogP contribution in [0.1, 0.15) is 18.4 Å². The Hall–Kier alpha value is -2.25. The van der Waals surface area contributed by atoms with Gasteiger partial charge >= 0.3 is 6.03 Å². The number of carbonyl (C=O) groups is 1. The van der Waals surface area contributed by atoms with Gasteiger partial charge in [-0.1, -0.05) is 18.2 Å². The molecule has 2 heterocycles. The fraction of sp³-hybridized carbons (Fsp3) is 0.455. The highest BCUT2D eigenvalue weighted by atomic mass is 32.2.